The molecule has 2 N–H and O–H groups in total. The molecule has 0 bridgehead atoms. The van der Waals surface area contributed by atoms with Crippen molar-refractivity contribution in [1.29, 1.82) is 0 Å². The Balaban J connectivity index is 2.05. The molecule has 1 saturated heterocycles. The van der Waals surface area contributed by atoms with Gasteiger partial charge >= 0.3 is 0 Å². The van der Waals surface area contributed by atoms with Crippen LogP contribution < -0.4 is 5.73 Å². The molecule has 2 fully saturated rings. The van der Waals surface area contributed by atoms with Crippen LogP contribution in [0.1, 0.15) is 40.0 Å². The highest BCUT2D eigenvalue weighted by atomic mass is 15.3. The first-order valence-electron chi connectivity index (χ1n) is 7.37. The zero-order chi connectivity index (χ0) is 12.5. The molecule has 2 unspecified atom stereocenters. The second-order valence-electron chi connectivity index (χ2n) is 5.86. The molecule has 3 heteroatoms. The minimum atomic E-state index is 0.314. The lowest BCUT2D eigenvalue weighted by molar-refractivity contribution is -0.00390. The highest BCUT2D eigenvalue weighted by Crippen LogP contribution is 2.45. The van der Waals surface area contributed by atoms with Crippen molar-refractivity contribution >= 4 is 0 Å². The van der Waals surface area contributed by atoms with E-state index in [1.54, 1.807) is 0 Å². The Hall–Kier alpha value is -0.120. The predicted molar refractivity (Wildman–Crippen MR) is 73.1 cm³/mol. The molecule has 0 radical (unpaired) electrons. The number of likely N-dealkylation sites (N-methyl/N-ethyl adjacent to an activating group) is 1. The van der Waals surface area contributed by atoms with Crippen LogP contribution in [0.4, 0.5) is 0 Å². The molecular weight excluding hydrogens is 210 g/mol. The average Bonchev–Trinajstić information content (AvgIpc) is 3.16. The third-order valence-electron chi connectivity index (χ3n) is 5.10. The van der Waals surface area contributed by atoms with Gasteiger partial charge in [0.1, 0.15) is 0 Å². The van der Waals surface area contributed by atoms with Crippen molar-refractivity contribution in [1.82, 2.24) is 9.80 Å². The molecule has 0 aromatic carbocycles. The summed E-state index contributed by atoms with van der Waals surface area (Å²) in [6.07, 6.45) is 4.01. The fourth-order valence-corrected chi connectivity index (χ4v) is 3.70. The van der Waals surface area contributed by atoms with Crippen molar-refractivity contribution in [3.8, 4) is 0 Å². The molecule has 0 amide bonds. The average molecular weight is 239 g/mol. The maximum atomic E-state index is 6.15. The SMILES string of the molecule is CCN1CCN(C(CC)(CN)C2CC2)CC1C. The van der Waals surface area contributed by atoms with Crippen LogP contribution in [0.15, 0.2) is 0 Å². The Morgan fingerprint density at radius 1 is 1.24 bits per heavy atom. The molecular formula is C14H29N3. The van der Waals surface area contributed by atoms with E-state index in [1.807, 2.05) is 0 Å². The summed E-state index contributed by atoms with van der Waals surface area (Å²) in [4.78, 5) is 5.29. The van der Waals surface area contributed by atoms with E-state index in [0.29, 0.717) is 11.6 Å². The van der Waals surface area contributed by atoms with Gasteiger partial charge in [0.05, 0.1) is 0 Å². The first kappa shape index (κ1) is 13.3. The Labute approximate surface area is 106 Å². The first-order valence-corrected chi connectivity index (χ1v) is 7.37. The van der Waals surface area contributed by atoms with Gasteiger partial charge in [-0.05, 0) is 38.6 Å². The topological polar surface area (TPSA) is 32.5 Å². The molecule has 2 atom stereocenters. The van der Waals surface area contributed by atoms with Crippen molar-refractivity contribution in [3.63, 3.8) is 0 Å². The molecule has 0 spiro atoms. The van der Waals surface area contributed by atoms with Gasteiger partial charge in [-0.3, -0.25) is 9.80 Å². The largest absolute Gasteiger partial charge is 0.329 e. The van der Waals surface area contributed by atoms with Crippen LogP contribution in [-0.4, -0.2) is 54.1 Å². The van der Waals surface area contributed by atoms with Crippen LogP contribution >= 0.6 is 0 Å². The van der Waals surface area contributed by atoms with Gasteiger partial charge in [0.2, 0.25) is 0 Å². The van der Waals surface area contributed by atoms with E-state index in [1.165, 1.54) is 45.4 Å². The number of rotatable bonds is 5. The molecule has 1 heterocycles. The molecule has 0 aromatic rings. The van der Waals surface area contributed by atoms with Crippen LogP contribution in [-0.2, 0) is 0 Å². The molecule has 2 aliphatic rings. The second kappa shape index (κ2) is 5.25. The van der Waals surface area contributed by atoms with E-state index in [9.17, 15) is 0 Å². The van der Waals surface area contributed by atoms with Gasteiger partial charge in [-0.2, -0.15) is 0 Å². The highest BCUT2D eigenvalue weighted by molar-refractivity contribution is 5.04. The molecule has 17 heavy (non-hydrogen) atoms. The Morgan fingerprint density at radius 3 is 2.35 bits per heavy atom. The molecule has 0 aromatic heterocycles. The summed E-state index contributed by atoms with van der Waals surface area (Å²) < 4.78 is 0. The third kappa shape index (κ3) is 2.38. The van der Waals surface area contributed by atoms with Crippen molar-refractivity contribution < 1.29 is 0 Å². The quantitative estimate of drug-likeness (QED) is 0.790. The van der Waals surface area contributed by atoms with Crippen LogP contribution in [0.3, 0.4) is 0 Å². The number of nitrogens with zero attached hydrogens (tertiary/aromatic N) is 2. The maximum Gasteiger partial charge on any atom is 0.0358 e. The van der Waals surface area contributed by atoms with Crippen molar-refractivity contribution in [3.05, 3.63) is 0 Å². The number of hydrogen-bond donors (Lipinski definition) is 1. The van der Waals surface area contributed by atoms with Gasteiger partial charge in [-0.1, -0.05) is 13.8 Å². The van der Waals surface area contributed by atoms with Crippen molar-refractivity contribution in [2.45, 2.75) is 51.6 Å². The Morgan fingerprint density at radius 2 is 1.94 bits per heavy atom. The van der Waals surface area contributed by atoms with Crippen molar-refractivity contribution in [2.75, 3.05) is 32.7 Å². The number of piperazine rings is 1. The Kier molecular flexibility index (Phi) is 4.11. The van der Waals surface area contributed by atoms with Crippen LogP contribution in [0.25, 0.3) is 0 Å². The lowest BCUT2D eigenvalue weighted by Crippen LogP contribution is -2.63. The van der Waals surface area contributed by atoms with E-state index in [4.69, 9.17) is 5.73 Å². The molecule has 100 valence electrons. The van der Waals surface area contributed by atoms with Gasteiger partial charge in [0, 0.05) is 37.8 Å². The highest BCUT2D eigenvalue weighted by Gasteiger charge is 2.48. The summed E-state index contributed by atoms with van der Waals surface area (Å²) in [5.74, 6) is 0.873. The summed E-state index contributed by atoms with van der Waals surface area (Å²) in [6, 6.07) is 0.685. The smallest absolute Gasteiger partial charge is 0.0358 e. The molecule has 3 nitrogen and oxygen atoms in total. The normalized spacial score (nSPS) is 31.4. The van der Waals surface area contributed by atoms with Gasteiger partial charge in [0.25, 0.3) is 0 Å². The van der Waals surface area contributed by atoms with Crippen LogP contribution in [0, 0.1) is 5.92 Å². The van der Waals surface area contributed by atoms with E-state index in [0.717, 1.165) is 12.5 Å². The minimum Gasteiger partial charge on any atom is -0.329 e. The fourth-order valence-electron chi connectivity index (χ4n) is 3.70. The summed E-state index contributed by atoms with van der Waals surface area (Å²) in [5, 5.41) is 0. The molecule has 1 saturated carbocycles. The molecule has 1 aliphatic heterocycles. The Bertz CT molecular complexity index is 246. The fraction of sp³-hybridized carbons (Fsp3) is 1.00. The maximum absolute atomic E-state index is 6.15. The zero-order valence-corrected chi connectivity index (χ0v) is 11.8. The van der Waals surface area contributed by atoms with Gasteiger partial charge in [-0.15, -0.1) is 0 Å². The standard InChI is InChI=1S/C14H29N3/c1-4-14(11-15,13-6-7-13)17-9-8-16(5-2)12(3)10-17/h12-13H,4-11,15H2,1-3H3. The van der Waals surface area contributed by atoms with Gasteiger partial charge in [0.15, 0.2) is 0 Å². The summed E-state index contributed by atoms with van der Waals surface area (Å²) in [5.41, 5.74) is 6.46. The van der Waals surface area contributed by atoms with Crippen LogP contribution in [0.2, 0.25) is 0 Å². The number of hydrogen-bond acceptors (Lipinski definition) is 3. The summed E-state index contributed by atoms with van der Waals surface area (Å²) in [7, 11) is 0. The summed E-state index contributed by atoms with van der Waals surface area (Å²) in [6.45, 7) is 12.6. The molecule has 1 aliphatic carbocycles. The van der Waals surface area contributed by atoms with Crippen molar-refractivity contribution in [2.24, 2.45) is 11.7 Å². The second-order valence-corrected chi connectivity index (χ2v) is 5.86. The zero-order valence-electron chi connectivity index (χ0n) is 11.8. The van der Waals surface area contributed by atoms with E-state index in [-0.39, 0.29) is 0 Å². The van der Waals surface area contributed by atoms with E-state index in [2.05, 4.69) is 30.6 Å². The predicted octanol–water partition coefficient (Wildman–Crippen LogP) is 1.53. The lowest BCUT2D eigenvalue weighted by Gasteiger charge is -2.50. The minimum absolute atomic E-state index is 0.314. The molecule has 2 rings (SSSR count). The number of nitrogens with two attached hydrogens (primary N) is 1. The summed E-state index contributed by atoms with van der Waals surface area (Å²) >= 11 is 0. The first-order chi connectivity index (χ1) is 8.17. The van der Waals surface area contributed by atoms with E-state index >= 15 is 0 Å². The third-order valence-corrected chi connectivity index (χ3v) is 5.10. The lowest BCUT2D eigenvalue weighted by atomic mass is 9.86. The van der Waals surface area contributed by atoms with Gasteiger partial charge in [-0.25, -0.2) is 0 Å². The van der Waals surface area contributed by atoms with Crippen LogP contribution in [0.5, 0.6) is 0 Å². The van der Waals surface area contributed by atoms with Gasteiger partial charge < -0.3 is 5.73 Å². The monoisotopic (exact) mass is 239 g/mol. The van der Waals surface area contributed by atoms with E-state index < -0.39 is 0 Å².